The van der Waals surface area contributed by atoms with Crippen molar-refractivity contribution < 1.29 is 4.79 Å². The van der Waals surface area contributed by atoms with Crippen LogP contribution in [0.4, 0.5) is 5.69 Å². The van der Waals surface area contributed by atoms with Crippen molar-refractivity contribution in [3.05, 3.63) is 72.1 Å². The number of piperidine rings is 1. The van der Waals surface area contributed by atoms with Gasteiger partial charge in [-0.3, -0.25) is 9.89 Å². The molecule has 2 aromatic carbocycles. The Bertz CT molecular complexity index is 1020. The summed E-state index contributed by atoms with van der Waals surface area (Å²) < 4.78 is 0. The van der Waals surface area contributed by atoms with Crippen molar-refractivity contribution in [2.45, 2.75) is 38.5 Å². The summed E-state index contributed by atoms with van der Waals surface area (Å²) in [6, 6.07) is 17.2. The minimum absolute atomic E-state index is 0.308. The smallest absolute Gasteiger partial charge is 0.222 e. The van der Waals surface area contributed by atoms with Gasteiger partial charge in [-0.15, -0.1) is 0 Å². The fourth-order valence-corrected chi connectivity index (χ4v) is 5.18. The number of fused-ring (bicyclic) bond motifs is 1. The van der Waals surface area contributed by atoms with Gasteiger partial charge in [0.05, 0.1) is 6.20 Å². The molecule has 0 bridgehead atoms. The van der Waals surface area contributed by atoms with Gasteiger partial charge in [-0.25, -0.2) is 0 Å². The van der Waals surface area contributed by atoms with Gasteiger partial charge in [0.25, 0.3) is 0 Å². The van der Waals surface area contributed by atoms with E-state index in [1.165, 1.54) is 28.8 Å². The van der Waals surface area contributed by atoms with Crippen molar-refractivity contribution in [1.29, 1.82) is 0 Å². The van der Waals surface area contributed by atoms with Gasteiger partial charge in [-0.2, -0.15) is 5.10 Å². The van der Waals surface area contributed by atoms with Gasteiger partial charge >= 0.3 is 0 Å². The predicted octanol–water partition coefficient (Wildman–Crippen LogP) is 4.70. The number of anilines is 1. The van der Waals surface area contributed by atoms with Crippen LogP contribution in [0.1, 0.15) is 36.8 Å². The zero-order chi connectivity index (χ0) is 21.8. The SMILES string of the molecule is O=C(CCc1ccccc1)N1CCC(CN2CCCc3cc(-c4cn[nH]c4)ccc32)CC1. The third-order valence-electron chi connectivity index (χ3n) is 7.04. The number of hydrogen-bond acceptors (Lipinski definition) is 3. The van der Waals surface area contributed by atoms with Gasteiger partial charge in [0.1, 0.15) is 0 Å². The zero-order valence-corrected chi connectivity index (χ0v) is 18.7. The molecule has 1 amide bonds. The lowest BCUT2D eigenvalue weighted by molar-refractivity contribution is -0.132. The Morgan fingerprint density at radius 1 is 1.03 bits per heavy atom. The molecule has 0 saturated carbocycles. The molecule has 0 radical (unpaired) electrons. The average molecular weight is 429 g/mol. The van der Waals surface area contributed by atoms with Crippen LogP contribution >= 0.6 is 0 Å². The molecule has 1 N–H and O–H groups in total. The van der Waals surface area contributed by atoms with Crippen LogP contribution in [0, 0.1) is 5.92 Å². The molecule has 0 aliphatic carbocycles. The summed E-state index contributed by atoms with van der Waals surface area (Å²) in [6.45, 7) is 4.04. The van der Waals surface area contributed by atoms with Gasteiger partial charge < -0.3 is 9.80 Å². The number of rotatable bonds is 6. The van der Waals surface area contributed by atoms with Crippen LogP contribution in [0.5, 0.6) is 0 Å². The van der Waals surface area contributed by atoms with E-state index in [1.54, 1.807) is 0 Å². The summed E-state index contributed by atoms with van der Waals surface area (Å²) in [5.74, 6) is 0.968. The number of aryl methyl sites for hydroxylation is 2. The van der Waals surface area contributed by atoms with Gasteiger partial charge in [-0.1, -0.05) is 36.4 Å². The van der Waals surface area contributed by atoms with Gasteiger partial charge in [-0.05, 0) is 66.8 Å². The Morgan fingerprint density at radius 2 is 1.88 bits per heavy atom. The first-order valence-corrected chi connectivity index (χ1v) is 11.9. The topological polar surface area (TPSA) is 52.2 Å². The van der Waals surface area contributed by atoms with Crippen molar-refractivity contribution in [3.8, 4) is 11.1 Å². The molecule has 32 heavy (non-hydrogen) atoms. The highest BCUT2D eigenvalue weighted by molar-refractivity contribution is 5.76. The zero-order valence-electron chi connectivity index (χ0n) is 18.7. The molecule has 5 rings (SSSR count). The molecule has 1 fully saturated rings. The maximum absolute atomic E-state index is 12.7. The number of benzene rings is 2. The van der Waals surface area contributed by atoms with Crippen molar-refractivity contribution in [2.24, 2.45) is 5.92 Å². The minimum Gasteiger partial charge on any atom is -0.371 e. The van der Waals surface area contributed by atoms with Gasteiger partial charge in [0, 0.05) is 50.0 Å². The van der Waals surface area contributed by atoms with Gasteiger partial charge in [0.15, 0.2) is 0 Å². The Kier molecular flexibility index (Phi) is 6.24. The fourth-order valence-electron chi connectivity index (χ4n) is 5.18. The van der Waals surface area contributed by atoms with E-state index in [4.69, 9.17) is 0 Å². The Balaban J connectivity index is 1.14. The first-order chi connectivity index (χ1) is 15.8. The summed E-state index contributed by atoms with van der Waals surface area (Å²) in [7, 11) is 0. The largest absolute Gasteiger partial charge is 0.371 e. The van der Waals surface area contributed by atoms with Crippen LogP contribution < -0.4 is 4.90 Å². The molecule has 2 aliphatic rings. The number of aromatic nitrogens is 2. The highest BCUT2D eigenvalue weighted by Crippen LogP contribution is 2.33. The standard InChI is InChI=1S/C27H32N4O/c32-27(11-8-21-5-2-1-3-6-21)30-15-12-22(13-16-30)20-31-14-4-7-24-17-23(9-10-26(24)31)25-18-28-29-19-25/h1-3,5-6,9-10,17-19,22H,4,7-8,11-16,20H2,(H,28,29). The number of likely N-dealkylation sites (tertiary alicyclic amines) is 1. The monoisotopic (exact) mass is 428 g/mol. The third-order valence-corrected chi connectivity index (χ3v) is 7.04. The number of aromatic amines is 1. The van der Waals surface area contributed by atoms with Crippen LogP contribution in [0.15, 0.2) is 60.9 Å². The molecule has 2 aliphatic heterocycles. The molecule has 5 nitrogen and oxygen atoms in total. The predicted molar refractivity (Wildman–Crippen MR) is 129 cm³/mol. The number of carbonyl (C=O) groups excluding carboxylic acids is 1. The maximum atomic E-state index is 12.7. The molecule has 3 heterocycles. The van der Waals surface area contributed by atoms with E-state index in [-0.39, 0.29) is 0 Å². The molecule has 166 valence electrons. The van der Waals surface area contributed by atoms with Crippen molar-refractivity contribution in [1.82, 2.24) is 15.1 Å². The second-order valence-electron chi connectivity index (χ2n) is 9.19. The molecule has 1 aromatic heterocycles. The Hall–Kier alpha value is -3.08. The number of amides is 1. The van der Waals surface area contributed by atoms with Crippen LogP contribution in [0.3, 0.4) is 0 Å². The highest BCUT2D eigenvalue weighted by Gasteiger charge is 2.26. The Morgan fingerprint density at radius 3 is 2.66 bits per heavy atom. The minimum atomic E-state index is 0.308. The van der Waals surface area contributed by atoms with Crippen LogP contribution in [-0.2, 0) is 17.6 Å². The van der Waals surface area contributed by atoms with E-state index in [0.29, 0.717) is 18.2 Å². The summed E-state index contributed by atoms with van der Waals surface area (Å²) in [6.07, 6.45) is 9.86. The lowest BCUT2D eigenvalue weighted by Gasteiger charge is -2.38. The molecule has 3 aromatic rings. The average Bonchev–Trinajstić information content (AvgIpc) is 3.39. The lowest BCUT2D eigenvalue weighted by Crippen LogP contribution is -2.42. The van der Waals surface area contributed by atoms with E-state index in [9.17, 15) is 4.79 Å². The van der Waals surface area contributed by atoms with E-state index < -0.39 is 0 Å². The van der Waals surface area contributed by atoms with Crippen molar-refractivity contribution in [3.63, 3.8) is 0 Å². The second-order valence-corrected chi connectivity index (χ2v) is 9.19. The van der Waals surface area contributed by atoms with E-state index >= 15 is 0 Å². The summed E-state index contributed by atoms with van der Waals surface area (Å²) in [4.78, 5) is 17.3. The second kappa shape index (κ2) is 9.60. The van der Waals surface area contributed by atoms with Crippen molar-refractivity contribution in [2.75, 3.05) is 31.1 Å². The fraction of sp³-hybridized carbons (Fsp3) is 0.407. The van der Waals surface area contributed by atoms with Crippen LogP contribution in [0.2, 0.25) is 0 Å². The molecular weight excluding hydrogens is 396 g/mol. The number of nitrogens with zero attached hydrogens (tertiary/aromatic N) is 3. The molecule has 0 atom stereocenters. The maximum Gasteiger partial charge on any atom is 0.222 e. The van der Waals surface area contributed by atoms with E-state index in [0.717, 1.165) is 57.4 Å². The highest BCUT2D eigenvalue weighted by atomic mass is 16.2. The molecule has 5 heteroatoms. The van der Waals surface area contributed by atoms with E-state index in [1.807, 2.05) is 30.6 Å². The quantitative estimate of drug-likeness (QED) is 0.619. The normalized spacial score (nSPS) is 16.8. The first kappa shape index (κ1) is 20.8. The summed E-state index contributed by atoms with van der Waals surface area (Å²) >= 11 is 0. The number of H-pyrrole nitrogens is 1. The summed E-state index contributed by atoms with van der Waals surface area (Å²) in [5.41, 5.74) is 6.47. The third kappa shape index (κ3) is 4.72. The number of carbonyl (C=O) groups is 1. The molecule has 1 saturated heterocycles. The molecule has 0 spiro atoms. The van der Waals surface area contributed by atoms with Crippen LogP contribution in [-0.4, -0.2) is 47.2 Å². The van der Waals surface area contributed by atoms with Crippen LogP contribution in [0.25, 0.3) is 11.1 Å². The van der Waals surface area contributed by atoms with Crippen molar-refractivity contribution >= 4 is 11.6 Å². The van der Waals surface area contributed by atoms with Gasteiger partial charge in [0.2, 0.25) is 5.91 Å². The first-order valence-electron chi connectivity index (χ1n) is 11.9. The van der Waals surface area contributed by atoms with E-state index in [2.05, 4.69) is 50.3 Å². The Labute approximate surface area is 190 Å². The lowest BCUT2D eigenvalue weighted by atomic mass is 9.92. The molecule has 0 unspecified atom stereocenters. The number of nitrogens with one attached hydrogen (secondary N) is 1. The molecular formula is C27H32N4O. The summed E-state index contributed by atoms with van der Waals surface area (Å²) in [5, 5.41) is 7.00. The number of hydrogen-bond donors (Lipinski definition) is 1.